The molecule has 1 aromatic rings. The number of carbonyl (C=O) groups is 2. The summed E-state index contributed by atoms with van der Waals surface area (Å²) in [6.07, 6.45) is 17.2. The molecular weight excluding hydrogens is 488 g/mol. The van der Waals surface area contributed by atoms with E-state index >= 15 is 0 Å². The quantitative estimate of drug-likeness (QED) is 0.347. The molecule has 7 rings (SSSR count). The lowest BCUT2D eigenvalue weighted by Crippen LogP contribution is -2.55. The van der Waals surface area contributed by atoms with Crippen LogP contribution in [-0.2, 0) is 14.3 Å². The van der Waals surface area contributed by atoms with Gasteiger partial charge >= 0.3 is 5.97 Å². The summed E-state index contributed by atoms with van der Waals surface area (Å²) < 4.78 is 13.0. The Labute approximate surface area is 233 Å². The average molecular weight is 535 g/mol. The van der Waals surface area contributed by atoms with Gasteiger partial charge < -0.3 is 14.4 Å². The minimum absolute atomic E-state index is 0.0179. The Balaban J connectivity index is 1.09. The molecule has 0 radical (unpaired) electrons. The maximum Gasteiger partial charge on any atom is 0.339 e. The maximum atomic E-state index is 13.0. The lowest BCUT2D eigenvalue weighted by atomic mass is 9.46. The fraction of sp³-hybridized carbons (Fsp3) is 0.788. The molecule has 6 aliphatic rings. The molecule has 6 heteroatoms. The minimum atomic E-state index is -0.226. The molecule has 0 N–H and O–H groups in total. The number of fused-ring (bicyclic) bond motifs is 4. The number of hydrogen-bond donors (Lipinski definition) is 0. The van der Waals surface area contributed by atoms with Gasteiger partial charge in [-0.3, -0.25) is 9.78 Å². The van der Waals surface area contributed by atoms with Crippen LogP contribution in [0, 0.1) is 45.3 Å². The van der Waals surface area contributed by atoms with Gasteiger partial charge in [-0.25, -0.2) is 4.79 Å². The molecule has 0 aromatic carbocycles. The summed E-state index contributed by atoms with van der Waals surface area (Å²) in [5.41, 5.74) is 1.85. The molecule has 10 atom stereocenters. The predicted octanol–water partition coefficient (Wildman–Crippen LogP) is 5.90. The van der Waals surface area contributed by atoms with Crippen LogP contribution < -0.4 is 0 Å². The number of pyridine rings is 1. The molecule has 5 saturated carbocycles. The fourth-order valence-corrected chi connectivity index (χ4v) is 11.7. The molecule has 1 saturated heterocycles. The third-order valence-corrected chi connectivity index (χ3v) is 13.4. The van der Waals surface area contributed by atoms with E-state index in [1.54, 1.807) is 29.4 Å². The van der Waals surface area contributed by atoms with Gasteiger partial charge in [-0.1, -0.05) is 20.8 Å². The van der Waals surface area contributed by atoms with Crippen LogP contribution in [0.25, 0.3) is 0 Å². The SMILES string of the molecule is CN(C=O)CC1CCC2C(CC3C4CCC5C(C)(C)[C@@H](OC(=O)c6cccnc6)CC[C@@]56C[C@@]46CC[C@]23C)O1. The van der Waals surface area contributed by atoms with Gasteiger partial charge in [0.15, 0.2) is 0 Å². The van der Waals surface area contributed by atoms with E-state index in [9.17, 15) is 9.59 Å². The van der Waals surface area contributed by atoms with Crippen LogP contribution in [0.4, 0.5) is 0 Å². The summed E-state index contributed by atoms with van der Waals surface area (Å²) in [4.78, 5) is 30.0. The fourth-order valence-electron chi connectivity index (χ4n) is 11.7. The number of esters is 1. The van der Waals surface area contributed by atoms with E-state index in [2.05, 4.69) is 25.8 Å². The number of likely N-dealkylation sites (N-methyl/N-ethyl adjacent to an activating group) is 1. The van der Waals surface area contributed by atoms with E-state index in [4.69, 9.17) is 9.47 Å². The number of aromatic nitrogens is 1. The number of hydrogen-bond acceptors (Lipinski definition) is 5. The number of rotatable bonds is 5. The normalized spacial score (nSPS) is 46.9. The molecule has 1 amide bonds. The highest BCUT2D eigenvalue weighted by Crippen LogP contribution is 2.87. The zero-order chi connectivity index (χ0) is 27.2. The van der Waals surface area contributed by atoms with Crippen molar-refractivity contribution in [1.29, 1.82) is 0 Å². The first kappa shape index (κ1) is 26.0. The molecule has 6 nitrogen and oxygen atoms in total. The van der Waals surface area contributed by atoms with Crippen LogP contribution in [0.5, 0.6) is 0 Å². The molecule has 6 unspecified atom stereocenters. The van der Waals surface area contributed by atoms with Gasteiger partial charge in [0.25, 0.3) is 0 Å². The largest absolute Gasteiger partial charge is 0.458 e. The third-order valence-electron chi connectivity index (χ3n) is 13.4. The molecule has 2 spiro atoms. The van der Waals surface area contributed by atoms with Crippen LogP contribution in [0.1, 0.15) is 95.3 Å². The van der Waals surface area contributed by atoms with E-state index in [0.29, 0.717) is 46.3 Å². The summed E-state index contributed by atoms with van der Waals surface area (Å²) in [5.74, 6) is 2.63. The van der Waals surface area contributed by atoms with Crippen molar-refractivity contribution in [2.45, 2.75) is 103 Å². The van der Waals surface area contributed by atoms with Crippen molar-refractivity contribution in [3.8, 4) is 0 Å². The Morgan fingerprint density at radius 1 is 1.08 bits per heavy atom. The van der Waals surface area contributed by atoms with Gasteiger partial charge in [0.2, 0.25) is 6.41 Å². The van der Waals surface area contributed by atoms with E-state index in [-0.39, 0.29) is 23.6 Å². The van der Waals surface area contributed by atoms with Crippen LogP contribution in [0.3, 0.4) is 0 Å². The highest BCUT2D eigenvalue weighted by atomic mass is 16.5. The first-order chi connectivity index (χ1) is 18.6. The van der Waals surface area contributed by atoms with Crippen LogP contribution in [-0.4, -0.2) is 54.2 Å². The Morgan fingerprint density at radius 2 is 1.90 bits per heavy atom. The van der Waals surface area contributed by atoms with Crippen LogP contribution >= 0.6 is 0 Å². The average Bonchev–Trinajstić information content (AvgIpc) is 3.50. The molecule has 212 valence electrons. The standard InChI is InChI=1S/C33H46N2O4/c1-30(2)27-10-9-23-25-16-26-24(8-7-22(38-26)18-35(4)20-36)31(25,3)13-14-32(23)19-33(27,32)12-11-28(30)39-29(37)21-6-5-15-34-17-21/h5-6,15,17,20,22-28H,7-14,16,18-19H2,1-4H3/t22?,23?,24?,25?,26?,27?,28-,31+,32-,33+/m0/s1. The monoisotopic (exact) mass is 534 g/mol. The van der Waals surface area contributed by atoms with Crippen molar-refractivity contribution in [3.05, 3.63) is 30.1 Å². The van der Waals surface area contributed by atoms with Crippen molar-refractivity contribution >= 4 is 12.4 Å². The molecule has 0 bridgehead atoms. The van der Waals surface area contributed by atoms with Crippen LogP contribution in [0.2, 0.25) is 0 Å². The maximum absolute atomic E-state index is 13.0. The van der Waals surface area contributed by atoms with E-state index < -0.39 is 0 Å². The first-order valence-electron chi connectivity index (χ1n) is 15.6. The van der Waals surface area contributed by atoms with Crippen molar-refractivity contribution in [2.24, 2.45) is 45.3 Å². The summed E-state index contributed by atoms with van der Waals surface area (Å²) in [5, 5.41) is 0. The van der Waals surface area contributed by atoms with Crippen LogP contribution in [0.15, 0.2) is 24.5 Å². The van der Waals surface area contributed by atoms with Gasteiger partial charge in [0, 0.05) is 31.4 Å². The van der Waals surface area contributed by atoms with E-state index in [1.165, 1.54) is 51.4 Å². The van der Waals surface area contributed by atoms with Crippen molar-refractivity contribution < 1.29 is 19.1 Å². The molecule has 6 fully saturated rings. The molecule has 5 aliphatic carbocycles. The topological polar surface area (TPSA) is 68.7 Å². The molecule has 1 aliphatic heterocycles. The van der Waals surface area contributed by atoms with Crippen molar-refractivity contribution in [3.63, 3.8) is 0 Å². The zero-order valence-corrected chi connectivity index (χ0v) is 24.2. The lowest BCUT2D eigenvalue weighted by molar-refractivity contribution is -0.138. The first-order valence-corrected chi connectivity index (χ1v) is 15.6. The Morgan fingerprint density at radius 3 is 2.67 bits per heavy atom. The van der Waals surface area contributed by atoms with E-state index in [0.717, 1.165) is 31.1 Å². The summed E-state index contributed by atoms with van der Waals surface area (Å²) in [6.45, 7) is 8.09. The van der Waals surface area contributed by atoms with Gasteiger partial charge in [0.05, 0.1) is 17.8 Å². The molecule has 2 heterocycles. The number of amides is 1. The number of ether oxygens (including phenoxy) is 2. The summed E-state index contributed by atoms with van der Waals surface area (Å²) in [7, 11) is 1.86. The molecule has 1 aromatic heterocycles. The Hall–Kier alpha value is -1.95. The molecular formula is C33H46N2O4. The van der Waals surface area contributed by atoms with Crippen molar-refractivity contribution in [1.82, 2.24) is 9.88 Å². The highest BCUT2D eigenvalue weighted by molar-refractivity contribution is 5.89. The van der Waals surface area contributed by atoms with Gasteiger partial charge in [-0.05, 0) is 116 Å². The molecule has 39 heavy (non-hydrogen) atoms. The summed E-state index contributed by atoms with van der Waals surface area (Å²) >= 11 is 0. The second kappa shape index (κ2) is 8.77. The van der Waals surface area contributed by atoms with E-state index in [1.807, 2.05) is 7.05 Å². The van der Waals surface area contributed by atoms with Crippen molar-refractivity contribution in [2.75, 3.05) is 13.6 Å². The predicted molar refractivity (Wildman–Crippen MR) is 148 cm³/mol. The Kier molecular flexibility index (Phi) is 5.84. The smallest absolute Gasteiger partial charge is 0.339 e. The zero-order valence-electron chi connectivity index (χ0n) is 24.2. The van der Waals surface area contributed by atoms with Gasteiger partial charge in [-0.2, -0.15) is 0 Å². The number of carbonyl (C=O) groups excluding carboxylic acids is 2. The lowest BCUT2D eigenvalue weighted by Gasteiger charge is -2.59. The second-order valence-corrected chi connectivity index (χ2v) is 15.1. The van der Waals surface area contributed by atoms with Gasteiger partial charge in [0.1, 0.15) is 6.10 Å². The number of nitrogens with zero attached hydrogens (tertiary/aromatic N) is 2. The second-order valence-electron chi connectivity index (χ2n) is 15.1. The Bertz CT molecular complexity index is 1140. The minimum Gasteiger partial charge on any atom is -0.458 e. The third kappa shape index (κ3) is 3.58. The summed E-state index contributed by atoms with van der Waals surface area (Å²) in [6, 6.07) is 3.61. The van der Waals surface area contributed by atoms with Gasteiger partial charge in [-0.15, -0.1) is 0 Å². The highest BCUT2D eigenvalue weighted by Gasteiger charge is 2.80.